The van der Waals surface area contributed by atoms with Crippen molar-refractivity contribution in [2.45, 2.75) is 11.8 Å². The first-order valence-electron chi connectivity index (χ1n) is 9.13. The molecule has 0 aliphatic carbocycles. The number of anilines is 1. The lowest BCUT2D eigenvalue weighted by molar-refractivity contribution is 0.101. The Hall–Kier alpha value is -3.51. The van der Waals surface area contributed by atoms with Crippen LogP contribution in [0.4, 0.5) is 5.69 Å². The van der Waals surface area contributed by atoms with Gasteiger partial charge in [-0.3, -0.25) is 9.78 Å². The Morgan fingerprint density at radius 3 is 2.24 bits per heavy atom. The summed E-state index contributed by atoms with van der Waals surface area (Å²) in [5.41, 5.74) is 3.21. The summed E-state index contributed by atoms with van der Waals surface area (Å²) in [6, 6.07) is 23.3. The number of para-hydroxylation sites is 1. The molecule has 0 spiro atoms. The molecule has 29 heavy (non-hydrogen) atoms. The van der Waals surface area contributed by atoms with Gasteiger partial charge < -0.3 is 0 Å². The summed E-state index contributed by atoms with van der Waals surface area (Å²) >= 11 is 0. The van der Waals surface area contributed by atoms with Gasteiger partial charge in [0.25, 0.3) is 15.9 Å². The first-order valence-corrected chi connectivity index (χ1v) is 10.6. The maximum atomic E-state index is 13.3. The summed E-state index contributed by atoms with van der Waals surface area (Å²) in [5, 5.41) is 0.790. The van der Waals surface area contributed by atoms with E-state index in [1.807, 2.05) is 54.6 Å². The lowest BCUT2D eigenvalue weighted by atomic mass is 9.97. The summed E-state index contributed by atoms with van der Waals surface area (Å²) in [6.45, 7) is 1.74. The van der Waals surface area contributed by atoms with Gasteiger partial charge in [-0.15, -0.1) is 0 Å². The van der Waals surface area contributed by atoms with Crippen molar-refractivity contribution in [1.29, 1.82) is 0 Å². The maximum Gasteiger partial charge on any atom is 0.273 e. The van der Waals surface area contributed by atoms with Crippen LogP contribution in [0, 0.1) is 6.92 Å². The van der Waals surface area contributed by atoms with Crippen LogP contribution in [0.1, 0.15) is 16.1 Å². The number of rotatable bonds is 2. The zero-order valence-corrected chi connectivity index (χ0v) is 16.3. The number of aryl methyl sites for hydroxylation is 1. The monoisotopic (exact) mass is 400 g/mol. The van der Waals surface area contributed by atoms with Gasteiger partial charge >= 0.3 is 0 Å². The quantitative estimate of drug-likeness (QED) is 0.495. The van der Waals surface area contributed by atoms with E-state index in [4.69, 9.17) is 0 Å². The summed E-state index contributed by atoms with van der Waals surface area (Å²) in [7, 11) is -4.03. The standard InChI is InChI=1S/C23H16N2O3S/c1-15-22(25-23(26)18-12-6-8-14-20(18)29(25,27)28)21(16-9-3-2-4-10-16)17-11-5-7-13-19(17)24-15/h2-14H,1H3. The van der Waals surface area contributed by atoms with Crippen LogP contribution >= 0.6 is 0 Å². The minimum Gasteiger partial charge on any atom is -0.268 e. The first kappa shape index (κ1) is 17.6. The maximum absolute atomic E-state index is 13.3. The van der Waals surface area contributed by atoms with Crippen molar-refractivity contribution in [3.05, 3.63) is 90.1 Å². The normalized spacial score (nSPS) is 14.9. The van der Waals surface area contributed by atoms with E-state index in [0.717, 1.165) is 20.8 Å². The fourth-order valence-corrected chi connectivity index (χ4v) is 5.54. The molecular weight excluding hydrogens is 384 g/mol. The number of amides is 1. The van der Waals surface area contributed by atoms with Crippen LogP contribution in [0.2, 0.25) is 0 Å². The second kappa shape index (κ2) is 6.25. The topological polar surface area (TPSA) is 67.3 Å². The molecule has 142 valence electrons. The average Bonchev–Trinajstić information content (AvgIpc) is 2.94. The number of nitrogens with zero attached hydrogens (tertiary/aromatic N) is 2. The molecule has 0 N–H and O–H groups in total. The molecule has 0 fully saturated rings. The van der Waals surface area contributed by atoms with Gasteiger partial charge in [0.1, 0.15) is 4.90 Å². The molecule has 6 heteroatoms. The number of benzene rings is 3. The highest BCUT2D eigenvalue weighted by Crippen LogP contribution is 2.44. The SMILES string of the molecule is Cc1nc2ccccc2c(-c2ccccc2)c1N1C(=O)c2ccccc2S1(=O)=O. The third-order valence-electron chi connectivity index (χ3n) is 5.13. The fourth-order valence-electron chi connectivity index (χ4n) is 3.88. The summed E-state index contributed by atoms with van der Waals surface area (Å²) in [5.74, 6) is -0.557. The van der Waals surface area contributed by atoms with Gasteiger partial charge in [-0.1, -0.05) is 60.7 Å². The van der Waals surface area contributed by atoms with Gasteiger partial charge in [0.05, 0.1) is 22.5 Å². The Labute approximate surface area is 168 Å². The van der Waals surface area contributed by atoms with Crippen LogP contribution in [0.3, 0.4) is 0 Å². The van der Waals surface area contributed by atoms with Crippen molar-refractivity contribution in [2.75, 3.05) is 4.31 Å². The zero-order chi connectivity index (χ0) is 20.2. The number of hydrogen-bond acceptors (Lipinski definition) is 4. The highest BCUT2D eigenvalue weighted by atomic mass is 32.2. The fraction of sp³-hybridized carbons (Fsp3) is 0.0435. The Balaban J connectivity index is 1.90. The van der Waals surface area contributed by atoms with Crippen molar-refractivity contribution in [1.82, 2.24) is 4.98 Å². The van der Waals surface area contributed by atoms with Crippen molar-refractivity contribution in [2.24, 2.45) is 0 Å². The van der Waals surface area contributed by atoms with Crippen LogP contribution < -0.4 is 4.31 Å². The molecule has 3 aromatic carbocycles. The Kier molecular flexibility index (Phi) is 3.79. The first-order chi connectivity index (χ1) is 14.0. The molecule has 0 unspecified atom stereocenters. The molecule has 0 saturated heterocycles. The third kappa shape index (κ3) is 2.49. The largest absolute Gasteiger partial charge is 0.273 e. The van der Waals surface area contributed by atoms with E-state index < -0.39 is 15.9 Å². The second-order valence-electron chi connectivity index (χ2n) is 6.87. The predicted octanol–water partition coefficient (Wildman–Crippen LogP) is 4.56. The highest BCUT2D eigenvalue weighted by molar-refractivity contribution is 7.94. The van der Waals surface area contributed by atoms with E-state index in [9.17, 15) is 13.2 Å². The molecule has 5 nitrogen and oxygen atoms in total. The van der Waals surface area contributed by atoms with E-state index in [1.165, 1.54) is 6.07 Å². The van der Waals surface area contributed by atoms with Crippen molar-refractivity contribution in [3.8, 4) is 11.1 Å². The van der Waals surface area contributed by atoms with Crippen LogP contribution in [0.5, 0.6) is 0 Å². The van der Waals surface area contributed by atoms with Crippen molar-refractivity contribution >= 4 is 32.5 Å². The van der Waals surface area contributed by atoms with E-state index in [1.54, 1.807) is 25.1 Å². The molecule has 0 saturated carbocycles. The molecule has 0 radical (unpaired) electrons. The minimum absolute atomic E-state index is 0.0246. The molecule has 5 rings (SSSR count). The molecule has 0 bridgehead atoms. The predicted molar refractivity (Wildman–Crippen MR) is 112 cm³/mol. The Morgan fingerprint density at radius 2 is 1.48 bits per heavy atom. The number of aromatic nitrogens is 1. The molecule has 1 aliphatic rings. The number of sulfonamides is 1. The summed E-state index contributed by atoms with van der Waals surface area (Å²) in [6.07, 6.45) is 0. The average molecular weight is 400 g/mol. The Morgan fingerprint density at radius 1 is 0.828 bits per heavy atom. The van der Waals surface area contributed by atoms with Gasteiger partial charge in [-0.25, -0.2) is 8.42 Å². The van der Waals surface area contributed by atoms with Gasteiger partial charge in [-0.2, -0.15) is 4.31 Å². The lowest BCUT2D eigenvalue weighted by Gasteiger charge is -2.22. The zero-order valence-electron chi connectivity index (χ0n) is 15.5. The second-order valence-corrected chi connectivity index (χ2v) is 8.63. The van der Waals surface area contributed by atoms with Gasteiger partial charge in [0.15, 0.2) is 0 Å². The molecule has 4 aromatic rings. The number of carbonyl (C=O) groups excluding carboxylic acids is 1. The number of pyridine rings is 1. The van der Waals surface area contributed by atoms with Gasteiger partial charge in [0.2, 0.25) is 0 Å². The number of hydrogen-bond donors (Lipinski definition) is 0. The Bertz CT molecular complexity index is 1400. The highest BCUT2D eigenvalue weighted by Gasteiger charge is 2.44. The molecule has 1 amide bonds. The van der Waals surface area contributed by atoms with E-state index in [-0.39, 0.29) is 10.5 Å². The van der Waals surface area contributed by atoms with Gasteiger partial charge in [-0.05, 0) is 30.7 Å². The van der Waals surface area contributed by atoms with Crippen LogP contribution in [0.15, 0.2) is 83.8 Å². The summed E-state index contributed by atoms with van der Waals surface area (Å²) < 4.78 is 27.6. The van der Waals surface area contributed by atoms with Crippen LogP contribution in [-0.2, 0) is 10.0 Å². The number of carbonyl (C=O) groups is 1. The van der Waals surface area contributed by atoms with E-state index in [2.05, 4.69) is 4.98 Å². The number of fused-ring (bicyclic) bond motifs is 2. The minimum atomic E-state index is -4.03. The van der Waals surface area contributed by atoms with E-state index in [0.29, 0.717) is 16.9 Å². The molecular formula is C23H16N2O3S. The third-order valence-corrected chi connectivity index (χ3v) is 6.87. The summed E-state index contributed by atoms with van der Waals surface area (Å²) in [4.78, 5) is 17.8. The van der Waals surface area contributed by atoms with Gasteiger partial charge in [0, 0.05) is 10.9 Å². The van der Waals surface area contributed by atoms with Crippen LogP contribution in [0.25, 0.3) is 22.0 Å². The molecule has 0 atom stereocenters. The lowest BCUT2D eigenvalue weighted by Crippen LogP contribution is -2.31. The molecule has 1 aliphatic heterocycles. The van der Waals surface area contributed by atoms with E-state index >= 15 is 0 Å². The smallest absolute Gasteiger partial charge is 0.268 e. The van der Waals surface area contributed by atoms with Crippen molar-refractivity contribution < 1.29 is 13.2 Å². The molecule has 2 heterocycles. The van der Waals surface area contributed by atoms with Crippen molar-refractivity contribution in [3.63, 3.8) is 0 Å². The van der Waals surface area contributed by atoms with Crippen LogP contribution in [-0.4, -0.2) is 19.3 Å². The molecule has 1 aromatic heterocycles.